The molecule has 0 saturated carbocycles. The summed E-state index contributed by atoms with van der Waals surface area (Å²) in [5.74, 6) is 0.704. The predicted molar refractivity (Wildman–Crippen MR) is 64.7 cm³/mol. The second-order valence-electron chi connectivity index (χ2n) is 4.75. The first-order chi connectivity index (χ1) is 7.92. The minimum Gasteiger partial charge on any atom is -0.381 e. The number of thiazole rings is 1. The largest absolute Gasteiger partial charge is 0.381 e. The summed E-state index contributed by atoms with van der Waals surface area (Å²) in [5.41, 5.74) is 1.26. The topological polar surface area (TPSA) is 34.1 Å². The smallest absolute Gasteiger partial charge is 0.0932 e. The van der Waals surface area contributed by atoms with Crippen LogP contribution in [0.2, 0.25) is 0 Å². The Kier molecular flexibility index (Phi) is 3.22. The Labute approximate surface area is 100 Å². The monoisotopic (exact) mass is 238 g/mol. The van der Waals surface area contributed by atoms with Crippen LogP contribution in [0.5, 0.6) is 0 Å². The lowest BCUT2D eigenvalue weighted by Crippen LogP contribution is -2.13. The van der Waals surface area contributed by atoms with Gasteiger partial charge in [-0.05, 0) is 31.7 Å². The van der Waals surface area contributed by atoms with E-state index in [9.17, 15) is 0 Å². The van der Waals surface area contributed by atoms with E-state index in [-0.39, 0.29) is 0 Å². The van der Waals surface area contributed by atoms with E-state index in [1.54, 1.807) is 0 Å². The fourth-order valence-corrected chi connectivity index (χ4v) is 3.47. The second-order valence-corrected chi connectivity index (χ2v) is 5.69. The zero-order valence-corrected chi connectivity index (χ0v) is 10.3. The SMILES string of the molecule is c1sc(CC2CCOC2)nc1C1CCCN1. The molecule has 1 aromatic heterocycles. The summed E-state index contributed by atoms with van der Waals surface area (Å²) in [6, 6.07) is 0.518. The van der Waals surface area contributed by atoms with Crippen LogP contribution in [0.25, 0.3) is 0 Å². The molecule has 2 saturated heterocycles. The van der Waals surface area contributed by atoms with Crippen molar-refractivity contribution in [3.05, 3.63) is 16.1 Å². The maximum atomic E-state index is 5.40. The first kappa shape index (κ1) is 10.7. The quantitative estimate of drug-likeness (QED) is 0.876. The van der Waals surface area contributed by atoms with E-state index in [1.807, 2.05) is 11.3 Å². The Morgan fingerprint density at radius 1 is 1.50 bits per heavy atom. The van der Waals surface area contributed by atoms with Crippen LogP contribution in [0.15, 0.2) is 5.38 Å². The Hall–Kier alpha value is -0.450. The molecule has 0 aromatic carbocycles. The maximum absolute atomic E-state index is 5.40. The fourth-order valence-electron chi connectivity index (χ4n) is 2.51. The average molecular weight is 238 g/mol. The number of hydrogen-bond acceptors (Lipinski definition) is 4. The third-order valence-electron chi connectivity index (χ3n) is 3.47. The summed E-state index contributed by atoms with van der Waals surface area (Å²) < 4.78 is 5.40. The summed E-state index contributed by atoms with van der Waals surface area (Å²) in [5, 5.41) is 7.02. The minimum atomic E-state index is 0.518. The average Bonchev–Trinajstić information content (AvgIpc) is 2.99. The van der Waals surface area contributed by atoms with Gasteiger partial charge in [-0.15, -0.1) is 11.3 Å². The highest BCUT2D eigenvalue weighted by Gasteiger charge is 2.21. The number of aromatic nitrogens is 1. The van der Waals surface area contributed by atoms with Crippen LogP contribution in [0.3, 0.4) is 0 Å². The zero-order valence-electron chi connectivity index (χ0n) is 9.45. The number of nitrogens with one attached hydrogen (secondary N) is 1. The molecule has 1 N–H and O–H groups in total. The highest BCUT2D eigenvalue weighted by molar-refractivity contribution is 7.09. The van der Waals surface area contributed by atoms with E-state index < -0.39 is 0 Å². The van der Waals surface area contributed by atoms with Crippen molar-refractivity contribution in [2.75, 3.05) is 19.8 Å². The first-order valence-corrected chi connectivity index (χ1v) is 7.05. The minimum absolute atomic E-state index is 0.518. The summed E-state index contributed by atoms with van der Waals surface area (Å²) in [6.45, 7) is 3.01. The molecule has 2 aliphatic rings. The molecule has 2 atom stereocenters. The molecule has 0 aliphatic carbocycles. The molecule has 0 amide bonds. The lowest BCUT2D eigenvalue weighted by molar-refractivity contribution is 0.186. The van der Waals surface area contributed by atoms with Gasteiger partial charge < -0.3 is 10.1 Å². The van der Waals surface area contributed by atoms with Crippen molar-refractivity contribution in [3.8, 4) is 0 Å². The van der Waals surface area contributed by atoms with Gasteiger partial charge in [-0.2, -0.15) is 0 Å². The molecule has 88 valence electrons. The van der Waals surface area contributed by atoms with Gasteiger partial charge in [0.15, 0.2) is 0 Å². The van der Waals surface area contributed by atoms with E-state index in [4.69, 9.17) is 9.72 Å². The lowest BCUT2D eigenvalue weighted by Gasteiger charge is -2.06. The van der Waals surface area contributed by atoms with Crippen LogP contribution in [-0.2, 0) is 11.2 Å². The van der Waals surface area contributed by atoms with Gasteiger partial charge in [0.1, 0.15) is 0 Å². The van der Waals surface area contributed by atoms with Gasteiger partial charge >= 0.3 is 0 Å². The van der Waals surface area contributed by atoms with Gasteiger partial charge in [0.05, 0.1) is 16.7 Å². The number of rotatable bonds is 3. The van der Waals surface area contributed by atoms with Crippen molar-refractivity contribution in [1.82, 2.24) is 10.3 Å². The fraction of sp³-hybridized carbons (Fsp3) is 0.750. The molecule has 3 heterocycles. The Bertz CT molecular complexity index is 341. The molecular formula is C12H18N2OS. The van der Waals surface area contributed by atoms with Crippen molar-refractivity contribution < 1.29 is 4.74 Å². The van der Waals surface area contributed by atoms with E-state index >= 15 is 0 Å². The van der Waals surface area contributed by atoms with E-state index in [1.165, 1.54) is 30.0 Å². The van der Waals surface area contributed by atoms with Crippen molar-refractivity contribution in [1.29, 1.82) is 0 Å². The van der Waals surface area contributed by atoms with Gasteiger partial charge in [0, 0.05) is 25.0 Å². The van der Waals surface area contributed by atoms with Crippen LogP contribution in [-0.4, -0.2) is 24.7 Å². The van der Waals surface area contributed by atoms with E-state index in [0.29, 0.717) is 12.0 Å². The molecule has 0 spiro atoms. The molecular weight excluding hydrogens is 220 g/mol. The third-order valence-corrected chi connectivity index (χ3v) is 4.36. The van der Waals surface area contributed by atoms with Crippen LogP contribution < -0.4 is 5.32 Å². The van der Waals surface area contributed by atoms with Crippen molar-refractivity contribution in [2.45, 2.75) is 31.7 Å². The normalized spacial score (nSPS) is 30.0. The van der Waals surface area contributed by atoms with E-state index in [0.717, 1.165) is 26.2 Å². The lowest BCUT2D eigenvalue weighted by atomic mass is 10.1. The highest BCUT2D eigenvalue weighted by atomic mass is 32.1. The number of hydrogen-bond donors (Lipinski definition) is 1. The van der Waals surface area contributed by atoms with Crippen LogP contribution >= 0.6 is 11.3 Å². The summed E-state index contributed by atoms with van der Waals surface area (Å²) in [6.07, 6.45) is 4.84. The molecule has 3 rings (SSSR count). The van der Waals surface area contributed by atoms with Gasteiger partial charge in [-0.3, -0.25) is 0 Å². The van der Waals surface area contributed by atoms with E-state index in [2.05, 4.69) is 10.7 Å². The predicted octanol–water partition coefficient (Wildman–Crippen LogP) is 2.15. The van der Waals surface area contributed by atoms with Gasteiger partial charge in [-0.25, -0.2) is 4.98 Å². The van der Waals surface area contributed by atoms with Gasteiger partial charge in [-0.1, -0.05) is 0 Å². The summed E-state index contributed by atoms with van der Waals surface area (Å²) in [7, 11) is 0. The number of ether oxygens (including phenoxy) is 1. The standard InChI is InChI=1S/C12H18N2OS/c1-2-10(13-4-1)11-8-16-12(14-11)6-9-3-5-15-7-9/h8-10,13H,1-7H2. The van der Waals surface area contributed by atoms with Crippen LogP contribution in [0, 0.1) is 5.92 Å². The third kappa shape index (κ3) is 2.29. The van der Waals surface area contributed by atoms with Crippen LogP contribution in [0.4, 0.5) is 0 Å². The maximum Gasteiger partial charge on any atom is 0.0932 e. The highest BCUT2D eigenvalue weighted by Crippen LogP contribution is 2.26. The molecule has 1 aromatic rings. The molecule has 0 bridgehead atoms. The van der Waals surface area contributed by atoms with Crippen molar-refractivity contribution in [2.24, 2.45) is 5.92 Å². The molecule has 3 nitrogen and oxygen atoms in total. The molecule has 2 unspecified atom stereocenters. The zero-order chi connectivity index (χ0) is 10.8. The first-order valence-electron chi connectivity index (χ1n) is 6.17. The molecule has 2 aliphatic heterocycles. The van der Waals surface area contributed by atoms with Gasteiger partial charge in [0.2, 0.25) is 0 Å². The molecule has 16 heavy (non-hydrogen) atoms. The summed E-state index contributed by atoms with van der Waals surface area (Å²) >= 11 is 1.82. The van der Waals surface area contributed by atoms with Crippen molar-refractivity contribution in [3.63, 3.8) is 0 Å². The summed E-state index contributed by atoms with van der Waals surface area (Å²) in [4.78, 5) is 4.76. The molecule has 2 fully saturated rings. The second kappa shape index (κ2) is 4.82. The van der Waals surface area contributed by atoms with Crippen molar-refractivity contribution >= 4 is 11.3 Å². The number of nitrogens with zero attached hydrogens (tertiary/aromatic N) is 1. The molecule has 4 heteroatoms. The Balaban J connectivity index is 1.62. The van der Waals surface area contributed by atoms with Crippen LogP contribution in [0.1, 0.15) is 36.0 Å². The molecule has 0 radical (unpaired) electrons. The van der Waals surface area contributed by atoms with Gasteiger partial charge in [0.25, 0.3) is 0 Å². The Morgan fingerprint density at radius 2 is 2.50 bits per heavy atom. The Morgan fingerprint density at radius 3 is 3.25 bits per heavy atom.